The van der Waals surface area contributed by atoms with E-state index in [9.17, 15) is 0 Å². The van der Waals surface area contributed by atoms with Crippen molar-refractivity contribution in [2.24, 2.45) is 17.1 Å². The molecule has 0 radical (unpaired) electrons. The molecule has 2 nitrogen and oxygen atoms in total. The van der Waals surface area contributed by atoms with E-state index in [1.807, 2.05) is 0 Å². The van der Waals surface area contributed by atoms with Crippen LogP contribution in [0.5, 0.6) is 0 Å². The number of nitrogens with zero attached hydrogens (tertiary/aromatic N) is 1. The van der Waals surface area contributed by atoms with Crippen molar-refractivity contribution in [3.63, 3.8) is 0 Å². The Morgan fingerprint density at radius 3 is 2.38 bits per heavy atom. The molecule has 0 bridgehead atoms. The second kappa shape index (κ2) is 3.97. The first-order chi connectivity index (χ1) is 5.94. The van der Waals surface area contributed by atoms with Crippen molar-refractivity contribution in [3.8, 4) is 0 Å². The Morgan fingerprint density at radius 2 is 2.00 bits per heavy atom. The van der Waals surface area contributed by atoms with Crippen LogP contribution in [0.2, 0.25) is 0 Å². The van der Waals surface area contributed by atoms with E-state index in [1.165, 1.54) is 13.0 Å². The molecular weight excluding hydrogens is 160 g/mol. The fourth-order valence-corrected chi connectivity index (χ4v) is 2.22. The zero-order chi connectivity index (χ0) is 10.1. The van der Waals surface area contributed by atoms with E-state index in [4.69, 9.17) is 5.73 Å². The fraction of sp³-hybridized carbons (Fsp3) is 1.00. The van der Waals surface area contributed by atoms with Crippen LogP contribution in [0, 0.1) is 11.3 Å². The average molecular weight is 184 g/mol. The van der Waals surface area contributed by atoms with Crippen LogP contribution >= 0.6 is 0 Å². The van der Waals surface area contributed by atoms with Gasteiger partial charge in [-0.2, -0.15) is 0 Å². The largest absolute Gasteiger partial charge is 0.330 e. The number of nitrogens with two attached hydrogens (primary N) is 1. The minimum Gasteiger partial charge on any atom is -0.330 e. The third kappa shape index (κ3) is 2.96. The zero-order valence-corrected chi connectivity index (χ0v) is 9.51. The summed E-state index contributed by atoms with van der Waals surface area (Å²) < 4.78 is 0. The van der Waals surface area contributed by atoms with Gasteiger partial charge in [-0.1, -0.05) is 20.8 Å². The highest BCUT2D eigenvalue weighted by atomic mass is 15.2. The van der Waals surface area contributed by atoms with Crippen LogP contribution in [0.3, 0.4) is 0 Å². The number of rotatable bonds is 3. The minimum absolute atomic E-state index is 0.276. The molecule has 13 heavy (non-hydrogen) atoms. The van der Waals surface area contributed by atoms with Gasteiger partial charge in [0.2, 0.25) is 0 Å². The molecule has 1 aliphatic rings. The maximum Gasteiger partial charge on any atom is 0.00702 e. The Hall–Kier alpha value is -0.0800. The Balaban J connectivity index is 2.45. The van der Waals surface area contributed by atoms with Crippen molar-refractivity contribution in [2.75, 3.05) is 19.6 Å². The highest BCUT2D eigenvalue weighted by molar-refractivity contribution is 4.84. The lowest BCUT2D eigenvalue weighted by Crippen LogP contribution is -2.40. The van der Waals surface area contributed by atoms with Gasteiger partial charge in [0.05, 0.1) is 0 Å². The van der Waals surface area contributed by atoms with Crippen LogP contribution in [0.15, 0.2) is 0 Å². The number of likely N-dealkylation sites (tertiary alicyclic amines) is 1. The first-order valence-corrected chi connectivity index (χ1v) is 5.39. The number of hydrogen-bond acceptors (Lipinski definition) is 2. The Labute approximate surface area is 82.5 Å². The predicted molar refractivity (Wildman–Crippen MR) is 57.7 cm³/mol. The van der Waals surface area contributed by atoms with E-state index < -0.39 is 0 Å². The topological polar surface area (TPSA) is 29.3 Å². The van der Waals surface area contributed by atoms with Crippen LogP contribution in [0.1, 0.15) is 34.1 Å². The summed E-state index contributed by atoms with van der Waals surface area (Å²) in [7, 11) is 0. The molecule has 0 amide bonds. The molecule has 0 aromatic carbocycles. The van der Waals surface area contributed by atoms with Crippen LogP contribution in [-0.2, 0) is 0 Å². The molecule has 2 N–H and O–H groups in total. The summed E-state index contributed by atoms with van der Waals surface area (Å²) in [6.45, 7) is 12.4. The lowest BCUT2D eigenvalue weighted by Gasteiger charge is -2.31. The molecule has 0 aromatic rings. The van der Waals surface area contributed by atoms with E-state index in [2.05, 4.69) is 32.6 Å². The van der Waals surface area contributed by atoms with Gasteiger partial charge >= 0.3 is 0 Å². The lowest BCUT2D eigenvalue weighted by molar-refractivity contribution is 0.175. The van der Waals surface area contributed by atoms with Crippen molar-refractivity contribution in [3.05, 3.63) is 0 Å². The molecular formula is C11H24N2. The Morgan fingerprint density at radius 1 is 1.38 bits per heavy atom. The Bertz CT molecular complexity index is 165. The van der Waals surface area contributed by atoms with Crippen molar-refractivity contribution < 1.29 is 0 Å². The highest BCUT2D eigenvalue weighted by Gasteiger charge is 2.30. The van der Waals surface area contributed by atoms with Gasteiger partial charge in [0.15, 0.2) is 0 Å². The molecule has 0 spiro atoms. The average Bonchev–Trinajstić information content (AvgIpc) is 2.30. The summed E-state index contributed by atoms with van der Waals surface area (Å²) in [5.74, 6) is 0.864. The standard InChI is InChI=1S/C11H24N2/c1-9-5-10(2)13(6-9)8-11(3,4)7-12/h9-10H,5-8,12H2,1-4H3. The molecule has 1 rings (SSSR count). The van der Waals surface area contributed by atoms with Gasteiger partial charge in [-0.3, -0.25) is 4.90 Å². The van der Waals surface area contributed by atoms with E-state index in [0.29, 0.717) is 0 Å². The van der Waals surface area contributed by atoms with Crippen molar-refractivity contribution in [1.82, 2.24) is 4.90 Å². The van der Waals surface area contributed by atoms with Crippen LogP contribution in [0.25, 0.3) is 0 Å². The molecule has 0 aromatic heterocycles. The lowest BCUT2D eigenvalue weighted by atomic mass is 9.93. The Kier molecular flexibility index (Phi) is 3.36. The molecule has 2 atom stereocenters. The van der Waals surface area contributed by atoms with E-state index >= 15 is 0 Å². The van der Waals surface area contributed by atoms with Gasteiger partial charge in [0.25, 0.3) is 0 Å². The summed E-state index contributed by atoms with van der Waals surface area (Å²) in [4.78, 5) is 2.58. The van der Waals surface area contributed by atoms with Gasteiger partial charge in [-0.15, -0.1) is 0 Å². The molecule has 0 saturated carbocycles. The molecule has 0 aliphatic carbocycles. The quantitative estimate of drug-likeness (QED) is 0.723. The molecule has 2 unspecified atom stereocenters. The van der Waals surface area contributed by atoms with Crippen molar-refractivity contribution in [1.29, 1.82) is 0 Å². The highest BCUT2D eigenvalue weighted by Crippen LogP contribution is 2.26. The monoisotopic (exact) mass is 184 g/mol. The normalized spacial score (nSPS) is 31.2. The van der Waals surface area contributed by atoms with E-state index in [0.717, 1.165) is 25.0 Å². The van der Waals surface area contributed by atoms with Crippen LogP contribution < -0.4 is 5.73 Å². The van der Waals surface area contributed by atoms with Crippen molar-refractivity contribution >= 4 is 0 Å². The molecule has 1 saturated heterocycles. The predicted octanol–water partition coefficient (Wildman–Crippen LogP) is 1.70. The van der Waals surface area contributed by atoms with Gasteiger partial charge in [0, 0.05) is 19.1 Å². The van der Waals surface area contributed by atoms with Gasteiger partial charge in [-0.25, -0.2) is 0 Å². The SMILES string of the molecule is CC1CC(C)N(CC(C)(C)CN)C1. The first kappa shape index (κ1) is 11.0. The van der Waals surface area contributed by atoms with Crippen molar-refractivity contribution in [2.45, 2.75) is 40.2 Å². The number of hydrogen-bond donors (Lipinski definition) is 1. The second-order valence-corrected chi connectivity index (χ2v) is 5.49. The molecule has 1 heterocycles. The van der Waals surface area contributed by atoms with Gasteiger partial charge in [-0.05, 0) is 31.2 Å². The minimum atomic E-state index is 0.276. The van der Waals surface area contributed by atoms with E-state index in [1.54, 1.807) is 0 Å². The van der Waals surface area contributed by atoms with Crippen LogP contribution in [0.4, 0.5) is 0 Å². The fourth-order valence-electron chi connectivity index (χ4n) is 2.22. The van der Waals surface area contributed by atoms with Gasteiger partial charge < -0.3 is 5.73 Å². The molecule has 1 aliphatic heterocycles. The maximum absolute atomic E-state index is 5.74. The van der Waals surface area contributed by atoms with Crippen LogP contribution in [-0.4, -0.2) is 30.6 Å². The second-order valence-electron chi connectivity index (χ2n) is 5.49. The first-order valence-electron chi connectivity index (χ1n) is 5.39. The van der Waals surface area contributed by atoms with Gasteiger partial charge in [0.1, 0.15) is 0 Å². The molecule has 1 fully saturated rings. The smallest absolute Gasteiger partial charge is 0.00702 e. The third-order valence-electron chi connectivity index (χ3n) is 3.10. The van der Waals surface area contributed by atoms with E-state index in [-0.39, 0.29) is 5.41 Å². The molecule has 78 valence electrons. The summed E-state index contributed by atoms with van der Waals surface area (Å²) in [5.41, 5.74) is 6.01. The summed E-state index contributed by atoms with van der Waals surface area (Å²) >= 11 is 0. The summed E-state index contributed by atoms with van der Waals surface area (Å²) in [5, 5.41) is 0. The summed E-state index contributed by atoms with van der Waals surface area (Å²) in [6, 6.07) is 0.751. The molecule has 2 heteroatoms. The zero-order valence-electron chi connectivity index (χ0n) is 9.51. The third-order valence-corrected chi connectivity index (χ3v) is 3.10. The summed E-state index contributed by atoms with van der Waals surface area (Å²) in [6.07, 6.45) is 1.35. The maximum atomic E-state index is 5.74.